The van der Waals surface area contributed by atoms with Crippen molar-refractivity contribution in [2.45, 2.75) is 6.42 Å². The Morgan fingerprint density at radius 1 is 1.12 bits per heavy atom. The summed E-state index contributed by atoms with van der Waals surface area (Å²) in [6.07, 6.45) is -1.04. The number of halogens is 3. The van der Waals surface area contributed by atoms with Gasteiger partial charge in [0.2, 0.25) is 0 Å². The van der Waals surface area contributed by atoms with Gasteiger partial charge in [-0.1, -0.05) is 0 Å². The van der Waals surface area contributed by atoms with Crippen LogP contribution in [0.15, 0.2) is 6.07 Å². The zero-order valence-electron chi connectivity index (χ0n) is 7.63. The minimum Gasteiger partial charge on any atom is -0.481 e. The molecule has 0 bridgehead atoms. The van der Waals surface area contributed by atoms with Crippen LogP contribution >= 0.6 is 0 Å². The Labute approximate surface area is 86.9 Å². The van der Waals surface area contributed by atoms with Gasteiger partial charge in [-0.3, -0.25) is 4.79 Å². The van der Waals surface area contributed by atoms with Crippen LogP contribution in [0.25, 0.3) is 0 Å². The van der Waals surface area contributed by atoms with Gasteiger partial charge in [-0.05, 0) is 0 Å². The highest BCUT2D eigenvalue weighted by Crippen LogP contribution is 2.21. The Morgan fingerprint density at radius 2 is 1.69 bits per heavy atom. The molecule has 0 fully saturated rings. The summed E-state index contributed by atoms with van der Waals surface area (Å²) in [6.45, 7) is 0. The van der Waals surface area contributed by atoms with E-state index < -0.39 is 46.9 Å². The molecule has 1 aromatic carbocycles. The van der Waals surface area contributed by atoms with Gasteiger partial charge in [-0.15, -0.1) is 0 Å². The molecule has 16 heavy (non-hydrogen) atoms. The van der Waals surface area contributed by atoms with Crippen LogP contribution in [0.3, 0.4) is 0 Å². The van der Waals surface area contributed by atoms with Crippen molar-refractivity contribution >= 4 is 11.9 Å². The van der Waals surface area contributed by atoms with E-state index >= 15 is 0 Å². The zero-order valence-corrected chi connectivity index (χ0v) is 7.63. The fraction of sp³-hybridized carbons (Fsp3) is 0.111. The number of benzene rings is 1. The second kappa shape index (κ2) is 4.21. The van der Waals surface area contributed by atoms with Crippen LogP contribution in [0.5, 0.6) is 0 Å². The van der Waals surface area contributed by atoms with Gasteiger partial charge in [0.1, 0.15) is 11.4 Å². The maximum absolute atomic E-state index is 13.1. The molecule has 2 N–H and O–H groups in total. The summed E-state index contributed by atoms with van der Waals surface area (Å²) in [7, 11) is 0. The molecule has 0 aliphatic carbocycles. The lowest BCUT2D eigenvalue weighted by molar-refractivity contribution is -0.136. The van der Waals surface area contributed by atoms with E-state index in [0.29, 0.717) is 0 Å². The van der Waals surface area contributed by atoms with Crippen molar-refractivity contribution in [3.05, 3.63) is 34.6 Å². The third-order valence-corrected chi connectivity index (χ3v) is 1.81. The number of hydrogen-bond donors (Lipinski definition) is 2. The van der Waals surface area contributed by atoms with E-state index in [4.69, 9.17) is 10.2 Å². The van der Waals surface area contributed by atoms with Crippen molar-refractivity contribution in [2.75, 3.05) is 0 Å². The van der Waals surface area contributed by atoms with Gasteiger partial charge in [0.25, 0.3) is 0 Å². The van der Waals surface area contributed by atoms with Crippen LogP contribution in [-0.2, 0) is 11.2 Å². The molecule has 0 amide bonds. The summed E-state index contributed by atoms with van der Waals surface area (Å²) in [5.41, 5.74) is -2.18. The van der Waals surface area contributed by atoms with E-state index in [0.717, 1.165) is 0 Å². The van der Waals surface area contributed by atoms with E-state index in [9.17, 15) is 22.8 Å². The molecule has 0 unspecified atom stereocenters. The molecular formula is C9H5F3O4. The fourth-order valence-corrected chi connectivity index (χ4v) is 1.18. The standard InChI is InChI=1S/C9H5F3O4/c10-4-2-5(11)8(12)7(9(15)16)3(4)1-6(13)14/h2H,1H2,(H,13,14)(H,15,16). The van der Waals surface area contributed by atoms with Gasteiger partial charge < -0.3 is 10.2 Å². The molecule has 86 valence electrons. The molecule has 0 radical (unpaired) electrons. The predicted octanol–water partition coefficient (Wildman–Crippen LogP) is 1.43. The van der Waals surface area contributed by atoms with Crippen molar-refractivity contribution in [1.29, 1.82) is 0 Å². The molecule has 7 heteroatoms. The van der Waals surface area contributed by atoms with E-state index in [1.165, 1.54) is 0 Å². The number of carboxylic acids is 2. The first-order chi connectivity index (χ1) is 7.34. The van der Waals surface area contributed by atoms with Crippen LogP contribution in [0.1, 0.15) is 15.9 Å². The van der Waals surface area contributed by atoms with Gasteiger partial charge in [-0.25, -0.2) is 18.0 Å². The summed E-state index contributed by atoms with van der Waals surface area (Å²) in [6, 6.07) is 0.111. The van der Waals surface area contributed by atoms with Gasteiger partial charge in [0.05, 0.1) is 6.42 Å². The molecule has 0 atom stereocenters. The lowest BCUT2D eigenvalue weighted by atomic mass is 10.0. The molecule has 1 rings (SSSR count). The SMILES string of the molecule is O=C(O)Cc1c(F)cc(F)c(F)c1C(=O)O. The highest BCUT2D eigenvalue weighted by molar-refractivity contribution is 5.91. The first-order valence-electron chi connectivity index (χ1n) is 3.96. The average Bonchev–Trinajstić information content (AvgIpc) is 2.13. The molecule has 0 spiro atoms. The Hall–Kier alpha value is -2.05. The third-order valence-electron chi connectivity index (χ3n) is 1.81. The maximum atomic E-state index is 13.1. The molecule has 0 aliphatic heterocycles. The minimum atomic E-state index is -1.92. The van der Waals surface area contributed by atoms with Crippen LogP contribution < -0.4 is 0 Å². The van der Waals surface area contributed by atoms with Gasteiger partial charge in [0.15, 0.2) is 11.6 Å². The van der Waals surface area contributed by atoms with Gasteiger partial charge in [0, 0.05) is 11.6 Å². The first kappa shape index (κ1) is 12.0. The van der Waals surface area contributed by atoms with E-state index in [2.05, 4.69) is 0 Å². The number of carboxylic acid groups (broad SMARTS) is 2. The maximum Gasteiger partial charge on any atom is 0.339 e. The number of aliphatic carboxylic acids is 1. The zero-order chi connectivity index (χ0) is 12.5. The molecule has 0 aromatic heterocycles. The van der Waals surface area contributed by atoms with Crippen LogP contribution in [0.2, 0.25) is 0 Å². The second-order valence-corrected chi connectivity index (χ2v) is 2.88. The van der Waals surface area contributed by atoms with E-state index in [-0.39, 0.29) is 6.07 Å². The Bertz CT molecular complexity index is 470. The average molecular weight is 234 g/mol. The first-order valence-corrected chi connectivity index (χ1v) is 3.96. The second-order valence-electron chi connectivity index (χ2n) is 2.88. The predicted molar refractivity (Wildman–Crippen MR) is 44.6 cm³/mol. The van der Waals surface area contributed by atoms with Gasteiger partial charge in [-0.2, -0.15) is 0 Å². The van der Waals surface area contributed by atoms with Crippen molar-refractivity contribution in [1.82, 2.24) is 0 Å². The Morgan fingerprint density at radius 3 is 2.12 bits per heavy atom. The van der Waals surface area contributed by atoms with Crippen LogP contribution in [0, 0.1) is 17.5 Å². The fourth-order valence-electron chi connectivity index (χ4n) is 1.18. The quantitative estimate of drug-likeness (QED) is 0.776. The highest BCUT2D eigenvalue weighted by atomic mass is 19.2. The largest absolute Gasteiger partial charge is 0.481 e. The number of rotatable bonds is 3. The Balaban J connectivity index is 3.50. The van der Waals surface area contributed by atoms with Crippen LogP contribution in [0.4, 0.5) is 13.2 Å². The molecular weight excluding hydrogens is 229 g/mol. The lowest BCUT2D eigenvalue weighted by Gasteiger charge is -2.07. The van der Waals surface area contributed by atoms with E-state index in [1.54, 1.807) is 0 Å². The molecule has 0 aliphatic rings. The molecule has 4 nitrogen and oxygen atoms in total. The third kappa shape index (κ3) is 2.13. The molecule has 0 heterocycles. The minimum absolute atomic E-state index is 0.111. The summed E-state index contributed by atoms with van der Waals surface area (Å²) < 4.78 is 38.8. The molecule has 1 aromatic rings. The van der Waals surface area contributed by atoms with E-state index in [1.807, 2.05) is 0 Å². The highest BCUT2D eigenvalue weighted by Gasteiger charge is 2.25. The van der Waals surface area contributed by atoms with Gasteiger partial charge >= 0.3 is 11.9 Å². The summed E-state index contributed by atoms with van der Waals surface area (Å²) in [4.78, 5) is 20.9. The lowest BCUT2D eigenvalue weighted by Crippen LogP contribution is -2.14. The smallest absolute Gasteiger partial charge is 0.339 e. The normalized spacial score (nSPS) is 10.2. The summed E-state index contributed by atoms with van der Waals surface area (Å²) in [5.74, 6) is -8.33. The van der Waals surface area contributed by atoms with Crippen LogP contribution in [-0.4, -0.2) is 22.2 Å². The van der Waals surface area contributed by atoms with Crippen molar-refractivity contribution in [3.63, 3.8) is 0 Å². The number of hydrogen-bond acceptors (Lipinski definition) is 2. The van der Waals surface area contributed by atoms with Crippen molar-refractivity contribution < 1.29 is 33.0 Å². The van der Waals surface area contributed by atoms with Crippen molar-refractivity contribution in [3.8, 4) is 0 Å². The number of aromatic carboxylic acids is 1. The monoisotopic (exact) mass is 234 g/mol. The topological polar surface area (TPSA) is 74.6 Å². The molecule has 0 saturated heterocycles. The van der Waals surface area contributed by atoms with Crippen molar-refractivity contribution in [2.24, 2.45) is 0 Å². The Kier molecular flexibility index (Phi) is 3.17. The summed E-state index contributed by atoms with van der Waals surface area (Å²) >= 11 is 0. The number of carbonyl (C=O) groups is 2. The molecule has 0 saturated carbocycles. The summed E-state index contributed by atoms with van der Waals surface area (Å²) in [5, 5.41) is 16.9.